The molecule has 1 aromatic carbocycles. The van der Waals surface area contributed by atoms with E-state index in [4.69, 9.17) is 10.2 Å². The second-order valence-corrected chi connectivity index (χ2v) is 5.05. The van der Waals surface area contributed by atoms with Crippen molar-refractivity contribution in [2.75, 3.05) is 0 Å². The van der Waals surface area contributed by atoms with Crippen molar-refractivity contribution in [2.24, 2.45) is 5.73 Å². The highest BCUT2D eigenvalue weighted by atomic mass is 16.3. The van der Waals surface area contributed by atoms with Crippen molar-refractivity contribution >= 4 is 11.0 Å². The molecule has 1 aliphatic rings. The van der Waals surface area contributed by atoms with Gasteiger partial charge in [0, 0.05) is 10.9 Å². The van der Waals surface area contributed by atoms with Gasteiger partial charge in [0.2, 0.25) is 0 Å². The molecule has 2 nitrogen and oxygen atoms in total. The van der Waals surface area contributed by atoms with Crippen LogP contribution >= 0.6 is 0 Å². The molecule has 84 valence electrons. The summed E-state index contributed by atoms with van der Waals surface area (Å²) in [7, 11) is 0. The summed E-state index contributed by atoms with van der Waals surface area (Å²) in [6, 6.07) is 8.40. The van der Waals surface area contributed by atoms with Crippen molar-refractivity contribution in [3.8, 4) is 0 Å². The zero-order valence-electron chi connectivity index (χ0n) is 9.62. The van der Waals surface area contributed by atoms with E-state index in [0.717, 1.165) is 24.2 Å². The lowest BCUT2D eigenvalue weighted by molar-refractivity contribution is 0.578. The molecule has 1 aliphatic carbocycles. The van der Waals surface area contributed by atoms with E-state index in [1.54, 1.807) is 0 Å². The Morgan fingerprint density at radius 2 is 2.19 bits per heavy atom. The van der Waals surface area contributed by atoms with Crippen molar-refractivity contribution in [1.29, 1.82) is 0 Å². The lowest BCUT2D eigenvalue weighted by atomic mass is 10.0. The number of benzene rings is 1. The molecular weight excluding hydrogens is 198 g/mol. The van der Waals surface area contributed by atoms with Crippen LogP contribution < -0.4 is 5.73 Å². The van der Waals surface area contributed by atoms with Gasteiger partial charge in [-0.3, -0.25) is 0 Å². The highest BCUT2D eigenvalue weighted by Crippen LogP contribution is 2.37. The molecule has 0 saturated heterocycles. The maximum Gasteiger partial charge on any atom is 0.134 e. The second-order valence-electron chi connectivity index (χ2n) is 5.05. The van der Waals surface area contributed by atoms with Crippen molar-refractivity contribution in [3.05, 3.63) is 35.6 Å². The maximum absolute atomic E-state index is 6.12. The third kappa shape index (κ3) is 1.74. The smallest absolute Gasteiger partial charge is 0.134 e. The standard InChI is InChI=1S/C14H17NO/c1-10-9-12-11(3-2-4-13(12)16-10)5-6-14(15)7-8-14/h2-4,9H,5-8,15H2,1H3. The van der Waals surface area contributed by atoms with E-state index in [-0.39, 0.29) is 5.54 Å². The summed E-state index contributed by atoms with van der Waals surface area (Å²) in [6.07, 6.45) is 4.53. The third-order valence-electron chi connectivity index (χ3n) is 3.56. The number of hydrogen-bond acceptors (Lipinski definition) is 2. The van der Waals surface area contributed by atoms with Gasteiger partial charge in [0.25, 0.3) is 0 Å². The molecule has 0 radical (unpaired) electrons. The molecule has 0 bridgehead atoms. The Morgan fingerprint density at radius 1 is 1.38 bits per heavy atom. The van der Waals surface area contributed by atoms with Crippen molar-refractivity contribution in [2.45, 2.75) is 38.1 Å². The average Bonchev–Trinajstić information content (AvgIpc) is 2.86. The predicted octanol–water partition coefficient (Wildman–Crippen LogP) is 3.17. The predicted molar refractivity (Wildman–Crippen MR) is 65.4 cm³/mol. The lowest BCUT2D eigenvalue weighted by Crippen LogP contribution is -2.22. The summed E-state index contributed by atoms with van der Waals surface area (Å²) in [5, 5.41) is 1.25. The zero-order valence-corrected chi connectivity index (χ0v) is 9.62. The van der Waals surface area contributed by atoms with Gasteiger partial charge in [-0.25, -0.2) is 0 Å². The quantitative estimate of drug-likeness (QED) is 0.854. The van der Waals surface area contributed by atoms with E-state index in [0.29, 0.717) is 0 Å². The summed E-state index contributed by atoms with van der Waals surface area (Å²) in [5.41, 5.74) is 8.62. The summed E-state index contributed by atoms with van der Waals surface area (Å²) in [4.78, 5) is 0. The van der Waals surface area contributed by atoms with E-state index in [1.807, 2.05) is 13.0 Å². The van der Waals surface area contributed by atoms with E-state index in [9.17, 15) is 0 Å². The molecule has 2 heteroatoms. The van der Waals surface area contributed by atoms with Crippen LogP contribution in [0, 0.1) is 6.92 Å². The van der Waals surface area contributed by atoms with Gasteiger partial charge in [0.15, 0.2) is 0 Å². The summed E-state index contributed by atoms with van der Waals surface area (Å²) in [5.74, 6) is 0.983. The number of nitrogens with two attached hydrogens (primary N) is 1. The molecule has 0 amide bonds. The Kier molecular flexibility index (Phi) is 2.08. The summed E-state index contributed by atoms with van der Waals surface area (Å²) >= 11 is 0. The van der Waals surface area contributed by atoms with E-state index in [1.165, 1.54) is 23.8 Å². The second kappa shape index (κ2) is 3.36. The van der Waals surface area contributed by atoms with Gasteiger partial charge in [0.1, 0.15) is 11.3 Å². The van der Waals surface area contributed by atoms with Crippen LogP contribution in [0.25, 0.3) is 11.0 Å². The van der Waals surface area contributed by atoms with Crippen LogP contribution in [0.5, 0.6) is 0 Å². The average molecular weight is 215 g/mol. The van der Waals surface area contributed by atoms with Crippen LogP contribution in [-0.4, -0.2) is 5.54 Å². The van der Waals surface area contributed by atoms with E-state index in [2.05, 4.69) is 18.2 Å². The molecule has 1 fully saturated rings. The summed E-state index contributed by atoms with van der Waals surface area (Å²) in [6.45, 7) is 2.00. The Morgan fingerprint density at radius 3 is 2.94 bits per heavy atom. The number of furan rings is 1. The van der Waals surface area contributed by atoms with Crippen LogP contribution in [0.3, 0.4) is 0 Å². The number of aryl methyl sites for hydroxylation is 2. The Balaban J connectivity index is 1.90. The molecule has 2 aromatic rings. The monoisotopic (exact) mass is 215 g/mol. The molecule has 0 aliphatic heterocycles. The Bertz CT molecular complexity index is 523. The van der Waals surface area contributed by atoms with Gasteiger partial charge in [-0.05, 0) is 50.3 Å². The normalized spacial score (nSPS) is 17.9. The van der Waals surface area contributed by atoms with Crippen LogP contribution in [0.4, 0.5) is 0 Å². The molecule has 3 rings (SSSR count). The third-order valence-corrected chi connectivity index (χ3v) is 3.56. The molecule has 16 heavy (non-hydrogen) atoms. The number of rotatable bonds is 3. The zero-order chi connectivity index (χ0) is 11.2. The summed E-state index contributed by atoms with van der Waals surface area (Å²) < 4.78 is 5.62. The Labute approximate surface area is 95.4 Å². The van der Waals surface area contributed by atoms with Crippen LogP contribution in [0.2, 0.25) is 0 Å². The molecule has 0 spiro atoms. The van der Waals surface area contributed by atoms with Crippen LogP contribution in [0.15, 0.2) is 28.7 Å². The molecular formula is C14H17NO. The fourth-order valence-electron chi connectivity index (χ4n) is 2.26. The minimum atomic E-state index is 0.140. The van der Waals surface area contributed by atoms with Crippen LogP contribution in [0.1, 0.15) is 30.6 Å². The van der Waals surface area contributed by atoms with Gasteiger partial charge in [-0.15, -0.1) is 0 Å². The topological polar surface area (TPSA) is 39.2 Å². The fourth-order valence-corrected chi connectivity index (χ4v) is 2.26. The number of hydrogen-bond donors (Lipinski definition) is 1. The minimum Gasteiger partial charge on any atom is -0.461 e. The lowest BCUT2D eigenvalue weighted by Gasteiger charge is -2.08. The van der Waals surface area contributed by atoms with Crippen molar-refractivity contribution in [3.63, 3.8) is 0 Å². The molecule has 2 N–H and O–H groups in total. The fraction of sp³-hybridized carbons (Fsp3) is 0.429. The molecule has 0 unspecified atom stereocenters. The first kappa shape index (κ1) is 9.91. The van der Waals surface area contributed by atoms with Gasteiger partial charge in [-0.2, -0.15) is 0 Å². The SMILES string of the molecule is Cc1cc2c(CCC3(N)CC3)cccc2o1. The first-order valence-electron chi connectivity index (χ1n) is 5.93. The molecule has 0 atom stereocenters. The highest BCUT2D eigenvalue weighted by molar-refractivity contribution is 5.81. The maximum atomic E-state index is 6.12. The van der Waals surface area contributed by atoms with E-state index >= 15 is 0 Å². The van der Waals surface area contributed by atoms with Crippen LogP contribution in [-0.2, 0) is 6.42 Å². The van der Waals surface area contributed by atoms with Gasteiger partial charge >= 0.3 is 0 Å². The van der Waals surface area contributed by atoms with Gasteiger partial charge in [0.05, 0.1) is 0 Å². The molecule has 1 saturated carbocycles. The molecule has 1 heterocycles. The first-order valence-corrected chi connectivity index (χ1v) is 5.93. The highest BCUT2D eigenvalue weighted by Gasteiger charge is 2.37. The largest absolute Gasteiger partial charge is 0.461 e. The van der Waals surface area contributed by atoms with Crippen molar-refractivity contribution < 1.29 is 4.42 Å². The van der Waals surface area contributed by atoms with E-state index < -0.39 is 0 Å². The first-order chi connectivity index (χ1) is 7.66. The minimum absolute atomic E-state index is 0.140. The Hall–Kier alpha value is -1.28. The molecule has 1 aromatic heterocycles. The van der Waals surface area contributed by atoms with Crippen molar-refractivity contribution in [1.82, 2.24) is 0 Å². The number of fused-ring (bicyclic) bond motifs is 1. The van der Waals surface area contributed by atoms with Gasteiger partial charge < -0.3 is 10.2 Å². The van der Waals surface area contributed by atoms with Gasteiger partial charge in [-0.1, -0.05) is 12.1 Å².